The predicted octanol–water partition coefficient (Wildman–Crippen LogP) is 3.42. The highest BCUT2D eigenvalue weighted by molar-refractivity contribution is 6.33. The SMILES string of the molecule is Cc1noc(C)c1CNCC(O)c1cc(Cl)ccc1Cl. The van der Waals surface area contributed by atoms with Crippen LogP contribution in [0.5, 0.6) is 0 Å². The summed E-state index contributed by atoms with van der Waals surface area (Å²) < 4.78 is 5.08. The molecule has 0 aliphatic heterocycles. The van der Waals surface area contributed by atoms with Gasteiger partial charge in [0.05, 0.1) is 11.8 Å². The van der Waals surface area contributed by atoms with E-state index in [0.717, 1.165) is 17.0 Å². The van der Waals surface area contributed by atoms with Crippen molar-refractivity contribution >= 4 is 23.2 Å². The second-order valence-electron chi connectivity index (χ2n) is 4.62. The second-order valence-corrected chi connectivity index (χ2v) is 5.46. The number of aromatic nitrogens is 1. The van der Waals surface area contributed by atoms with E-state index in [4.69, 9.17) is 27.7 Å². The molecule has 1 atom stereocenters. The van der Waals surface area contributed by atoms with Crippen LogP contribution in [-0.4, -0.2) is 16.8 Å². The van der Waals surface area contributed by atoms with E-state index in [2.05, 4.69) is 10.5 Å². The van der Waals surface area contributed by atoms with E-state index >= 15 is 0 Å². The highest BCUT2D eigenvalue weighted by Gasteiger charge is 2.13. The maximum absolute atomic E-state index is 10.1. The molecule has 0 aliphatic rings. The third-order valence-electron chi connectivity index (χ3n) is 3.14. The molecule has 2 aromatic rings. The monoisotopic (exact) mass is 314 g/mol. The first-order chi connectivity index (χ1) is 9.49. The van der Waals surface area contributed by atoms with Gasteiger partial charge in [-0.05, 0) is 32.0 Å². The highest BCUT2D eigenvalue weighted by atomic mass is 35.5. The average molecular weight is 315 g/mol. The number of nitrogens with zero attached hydrogens (tertiary/aromatic N) is 1. The summed E-state index contributed by atoms with van der Waals surface area (Å²) in [6.45, 7) is 4.69. The molecule has 0 aliphatic carbocycles. The van der Waals surface area contributed by atoms with Crippen LogP contribution in [0.25, 0.3) is 0 Å². The van der Waals surface area contributed by atoms with Gasteiger partial charge in [0.15, 0.2) is 0 Å². The molecule has 1 unspecified atom stereocenters. The Balaban J connectivity index is 1.96. The minimum absolute atomic E-state index is 0.365. The maximum atomic E-state index is 10.1. The Bertz CT molecular complexity index is 579. The van der Waals surface area contributed by atoms with Crippen molar-refractivity contribution in [3.63, 3.8) is 0 Å². The molecular weight excluding hydrogens is 299 g/mol. The van der Waals surface area contributed by atoms with Crippen LogP contribution in [0.15, 0.2) is 22.7 Å². The molecule has 0 radical (unpaired) electrons. The number of nitrogens with one attached hydrogen (secondary N) is 1. The lowest BCUT2D eigenvalue weighted by atomic mass is 10.1. The number of benzene rings is 1. The number of aliphatic hydroxyl groups excluding tert-OH is 1. The van der Waals surface area contributed by atoms with E-state index in [0.29, 0.717) is 28.7 Å². The zero-order chi connectivity index (χ0) is 14.7. The van der Waals surface area contributed by atoms with Crippen molar-refractivity contribution in [3.05, 3.63) is 50.8 Å². The fraction of sp³-hybridized carbons (Fsp3) is 0.357. The summed E-state index contributed by atoms with van der Waals surface area (Å²) >= 11 is 12.0. The van der Waals surface area contributed by atoms with Crippen LogP contribution in [0, 0.1) is 13.8 Å². The lowest BCUT2D eigenvalue weighted by molar-refractivity contribution is 0.174. The van der Waals surface area contributed by atoms with Crippen LogP contribution in [0.4, 0.5) is 0 Å². The largest absolute Gasteiger partial charge is 0.387 e. The molecule has 0 bridgehead atoms. The van der Waals surface area contributed by atoms with Crippen molar-refractivity contribution < 1.29 is 9.63 Å². The summed E-state index contributed by atoms with van der Waals surface area (Å²) in [5.41, 5.74) is 2.48. The van der Waals surface area contributed by atoms with Gasteiger partial charge >= 0.3 is 0 Å². The first-order valence-corrected chi connectivity index (χ1v) is 7.00. The Morgan fingerprint density at radius 2 is 2.10 bits per heavy atom. The molecule has 6 heteroatoms. The number of halogens is 2. The molecule has 0 spiro atoms. The van der Waals surface area contributed by atoms with Crippen LogP contribution in [-0.2, 0) is 6.54 Å². The zero-order valence-electron chi connectivity index (χ0n) is 11.3. The molecule has 0 saturated heterocycles. The van der Waals surface area contributed by atoms with E-state index in [-0.39, 0.29) is 0 Å². The Morgan fingerprint density at radius 1 is 1.35 bits per heavy atom. The summed E-state index contributed by atoms with van der Waals surface area (Å²) in [5, 5.41) is 18.2. The van der Waals surface area contributed by atoms with Gasteiger partial charge in [0.25, 0.3) is 0 Å². The molecule has 20 heavy (non-hydrogen) atoms. The van der Waals surface area contributed by atoms with Gasteiger partial charge in [-0.1, -0.05) is 28.4 Å². The summed E-state index contributed by atoms with van der Waals surface area (Å²) in [6, 6.07) is 5.04. The van der Waals surface area contributed by atoms with Crippen molar-refractivity contribution in [2.24, 2.45) is 0 Å². The van der Waals surface area contributed by atoms with Gasteiger partial charge < -0.3 is 14.9 Å². The third kappa shape index (κ3) is 3.52. The molecule has 2 rings (SSSR count). The standard InChI is InChI=1S/C14H16Cl2N2O2/c1-8-12(9(2)20-18-8)6-17-7-14(19)11-5-10(15)3-4-13(11)16/h3-5,14,17,19H,6-7H2,1-2H3. The van der Waals surface area contributed by atoms with E-state index in [1.54, 1.807) is 18.2 Å². The fourth-order valence-corrected chi connectivity index (χ4v) is 2.39. The van der Waals surface area contributed by atoms with Crippen LogP contribution < -0.4 is 5.32 Å². The number of aryl methyl sites for hydroxylation is 2. The zero-order valence-corrected chi connectivity index (χ0v) is 12.8. The summed E-state index contributed by atoms with van der Waals surface area (Å²) in [6.07, 6.45) is -0.721. The first-order valence-electron chi connectivity index (χ1n) is 6.24. The molecule has 1 heterocycles. The van der Waals surface area contributed by atoms with Crippen LogP contribution in [0.3, 0.4) is 0 Å². The molecule has 4 nitrogen and oxygen atoms in total. The Hall–Kier alpha value is -1.07. The molecule has 2 N–H and O–H groups in total. The molecule has 0 fully saturated rings. The Labute approximate surface area is 127 Å². The fourth-order valence-electron chi connectivity index (χ4n) is 1.97. The Kier molecular flexibility index (Phi) is 5.05. The van der Waals surface area contributed by atoms with Crippen molar-refractivity contribution in [2.75, 3.05) is 6.54 Å². The summed E-state index contributed by atoms with van der Waals surface area (Å²) in [7, 11) is 0. The minimum atomic E-state index is -0.721. The minimum Gasteiger partial charge on any atom is -0.387 e. The summed E-state index contributed by atoms with van der Waals surface area (Å²) in [5.74, 6) is 0.783. The van der Waals surface area contributed by atoms with Gasteiger partial charge in [0.2, 0.25) is 0 Å². The van der Waals surface area contributed by atoms with Crippen molar-refractivity contribution in [1.82, 2.24) is 10.5 Å². The van der Waals surface area contributed by atoms with E-state index in [1.165, 1.54) is 0 Å². The Morgan fingerprint density at radius 3 is 2.75 bits per heavy atom. The lowest BCUT2D eigenvalue weighted by Crippen LogP contribution is -2.21. The van der Waals surface area contributed by atoms with Crippen molar-refractivity contribution in [2.45, 2.75) is 26.5 Å². The van der Waals surface area contributed by atoms with Crippen molar-refractivity contribution in [3.8, 4) is 0 Å². The van der Waals surface area contributed by atoms with Gasteiger partial charge in [0, 0.05) is 34.3 Å². The molecule has 0 saturated carbocycles. The quantitative estimate of drug-likeness (QED) is 0.887. The topological polar surface area (TPSA) is 58.3 Å². The molecular formula is C14H16Cl2N2O2. The smallest absolute Gasteiger partial charge is 0.138 e. The number of hydrogen-bond acceptors (Lipinski definition) is 4. The predicted molar refractivity (Wildman–Crippen MR) is 79.1 cm³/mol. The van der Waals surface area contributed by atoms with E-state index < -0.39 is 6.10 Å². The molecule has 1 aromatic heterocycles. The maximum Gasteiger partial charge on any atom is 0.138 e. The molecule has 0 amide bonds. The van der Waals surface area contributed by atoms with E-state index in [1.807, 2.05) is 13.8 Å². The second kappa shape index (κ2) is 6.59. The van der Waals surface area contributed by atoms with Gasteiger partial charge in [-0.3, -0.25) is 0 Å². The van der Waals surface area contributed by atoms with Crippen LogP contribution in [0.2, 0.25) is 10.0 Å². The molecule has 108 valence electrons. The van der Waals surface area contributed by atoms with Gasteiger partial charge in [-0.25, -0.2) is 0 Å². The number of aliphatic hydroxyl groups is 1. The lowest BCUT2D eigenvalue weighted by Gasteiger charge is -2.14. The van der Waals surface area contributed by atoms with Gasteiger partial charge in [0.1, 0.15) is 5.76 Å². The van der Waals surface area contributed by atoms with E-state index in [9.17, 15) is 5.11 Å². The average Bonchev–Trinajstić information content (AvgIpc) is 2.73. The van der Waals surface area contributed by atoms with Crippen molar-refractivity contribution in [1.29, 1.82) is 0 Å². The van der Waals surface area contributed by atoms with Crippen LogP contribution in [0.1, 0.15) is 28.7 Å². The highest BCUT2D eigenvalue weighted by Crippen LogP contribution is 2.26. The van der Waals surface area contributed by atoms with Gasteiger partial charge in [-0.2, -0.15) is 0 Å². The van der Waals surface area contributed by atoms with Gasteiger partial charge in [-0.15, -0.1) is 0 Å². The normalized spacial score (nSPS) is 12.7. The van der Waals surface area contributed by atoms with Crippen LogP contribution >= 0.6 is 23.2 Å². The number of rotatable bonds is 5. The summed E-state index contributed by atoms with van der Waals surface area (Å²) in [4.78, 5) is 0. The third-order valence-corrected chi connectivity index (χ3v) is 3.72. The molecule has 1 aromatic carbocycles. The first kappa shape index (κ1) is 15.3. The number of hydrogen-bond donors (Lipinski definition) is 2.